The normalized spacial score (nSPS) is 20.2. The van der Waals surface area contributed by atoms with Crippen molar-refractivity contribution in [2.75, 3.05) is 26.2 Å². The Morgan fingerprint density at radius 2 is 2.33 bits per heavy atom. The lowest BCUT2D eigenvalue weighted by Gasteiger charge is -2.32. The quantitative estimate of drug-likeness (QED) is 0.889. The third kappa shape index (κ3) is 3.45. The Hall–Kier alpha value is -1.10. The van der Waals surface area contributed by atoms with Crippen LogP contribution in [0.1, 0.15) is 5.56 Å². The SMILES string of the molecule is NCC1CN(CCc2cccc(Cl)c2)C(=O)CO1. The Kier molecular flexibility index (Phi) is 4.58. The zero-order chi connectivity index (χ0) is 13.0. The van der Waals surface area contributed by atoms with Gasteiger partial charge in [-0.05, 0) is 24.1 Å². The van der Waals surface area contributed by atoms with Gasteiger partial charge in [0.05, 0.1) is 6.10 Å². The Labute approximate surface area is 112 Å². The second-order valence-corrected chi connectivity index (χ2v) is 4.82. The molecule has 1 saturated heterocycles. The number of amides is 1. The summed E-state index contributed by atoms with van der Waals surface area (Å²) in [7, 11) is 0. The highest BCUT2D eigenvalue weighted by Crippen LogP contribution is 2.12. The van der Waals surface area contributed by atoms with Gasteiger partial charge in [0.15, 0.2) is 0 Å². The third-order valence-electron chi connectivity index (χ3n) is 3.04. The molecule has 1 aromatic carbocycles. The van der Waals surface area contributed by atoms with Crippen LogP contribution in [0.5, 0.6) is 0 Å². The van der Waals surface area contributed by atoms with Crippen molar-refractivity contribution in [3.05, 3.63) is 34.9 Å². The summed E-state index contributed by atoms with van der Waals surface area (Å²) in [4.78, 5) is 13.5. The lowest BCUT2D eigenvalue weighted by atomic mass is 10.1. The minimum absolute atomic E-state index is 0.0294. The van der Waals surface area contributed by atoms with Crippen molar-refractivity contribution >= 4 is 17.5 Å². The monoisotopic (exact) mass is 268 g/mol. The van der Waals surface area contributed by atoms with Gasteiger partial charge < -0.3 is 15.4 Å². The van der Waals surface area contributed by atoms with Gasteiger partial charge in [0.2, 0.25) is 5.91 Å². The van der Waals surface area contributed by atoms with Crippen molar-refractivity contribution < 1.29 is 9.53 Å². The molecular formula is C13H17ClN2O2. The lowest BCUT2D eigenvalue weighted by Crippen LogP contribution is -2.49. The van der Waals surface area contributed by atoms with E-state index in [0.29, 0.717) is 19.6 Å². The van der Waals surface area contributed by atoms with Gasteiger partial charge in [-0.3, -0.25) is 4.79 Å². The van der Waals surface area contributed by atoms with E-state index in [4.69, 9.17) is 22.1 Å². The van der Waals surface area contributed by atoms with Crippen LogP contribution >= 0.6 is 11.6 Å². The molecule has 98 valence electrons. The molecule has 2 N–H and O–H groups in total. The molecule has 1 fully saturated rings. The number of halogens is 1. The summed E-state index contributed by atoms with van der Waals surface area (Å²) in [6, 6.07) is 7.70. The van der Waals surface area contributed by atoms with Crippen molar-refractivity contribution in [1.29, 1.82) is 0 Å². The molecule has 0 spiro atoms. The zero-order valence-corrected chi connectivity index (χ0v) is 10.9. The van der Waals surface area contributed by atoms with Gasteiger partial charge in [-0.2, -0.15) is 0 Å². The number of hydrogen-bond acceptors (Lipinski definition) is 3. The summed E-state index contributed by atoms with van der Waals surface area (Å²) in [6.45, 7) is 1.84. The highest BCUT2D eigenvalue weighted by Gasteiger charge is 2.24. The highest BCUT2D eigenvalue weighted by atomic mass is 35.5. The minimum Gasteiger partial charge on any atom is -0.365 e. The van der Waals surface area contributed by atoms with Crippen LogP contribution in [-0.4, -0.2) is 43.2 Å². The van der Waals surface area contributed by atoms with Crippen molar-refractivity contribution in [2.24, 2.45) is 5.73 Å². The molecule has 18 heavy (non-hydrogen) atoms. The molecule has 0 bridgehead atoms. The van der Waals surface area contributed by atoms with Crippen molar-refractivity contribution in [3.63, 3.8) is 0 Å². The molecule has 1 atom stereocenters. The maximum Gasteiger partial charge on any atom is 0.248 e. The lowest BCUT2D eigenvalue weighted by molar-refractivity contribution is -0.148. The molecule has 4 nitrogen and oxygen atoms in total. The van der Waals surface area contributed by atoms with Crippen LogP contribution in [0.15, 0.2) is 24.3 Å². The number of nitrogens with two attached hydrogens (primary N) is 1. The first-order chi connectivity index (χ1) is 8.69. The topological polar surface area (TPSA) is 55.6 Å². The molecule has 1 aromatic rings. The van der Waals surface area contributed by atoms with Gasteiger partial charge in [0.25, 0.3) is 0 Å². The van der Waals surface area contributed by atoms with E-state index in [2.05, 4.69) is 0 Å². The summed E-state index contributed by atoms with van der Waals surface area (Å²) in [6.07, 6.45) is 0.755. The molecule has 1 heterocycles. The standard InChI is InChI=1S/C13H17ClN2O2/c14-11-3-1-2-10(6-11)4-5-16-8-12(7-15)18-9-13(16)17/h1-3,6,12H,4-5,7-9,15H2. The van der Waals surface area contributed by atoms with Crippen LogP contribution in [0.4, 0.5) is 0 Å². The van der Waals surface area contributed by atoms with Crippen LogP contribution in [0, 0.1) is 0 Å². The first-order valence-electron chi connectivity index (χ1n) is 6.03. The number of ether oxygens (including phenoxy) is 1. The van der Waals surface area contributed by atoms with Gasteiger partial charge >= 0.3 is 0 Å². The Bertz CT molecular complexity index is 425. The van der Waals surface area contributed by atoms with Crippen LogP contribution in [0.2, 0.25) is 5.02 Å². The first kappa shape index (κ1) is 13.3. The van der Waals surface area contributed by atoms with E-state index in [0.717, 1.165) is 17.0 Å². The van der Waals surface area contributed by atoms with Gasteiger partial charge in [-0.1, -0.05) is 23.7 Å². The summed E-state index contributed by atoms with van der Waals surface area (Å²) >= 11 is 5.92. The Morgan fingerprint density at radius 3 is 3.06 bits per heavy atom. The summed E-state index contributed by atoms with van der Waals surface area (Å²) < 4.78 is 5.30. The largest absolute Gasteiger partial charge is 0.365 e. The van der Waals surface area contributed by atoms with Crippen LogP contribution < -0.4 is 5.73 Å². The molecular weight excluding hydrogens is 252 g/mol. The Morgan fingerprint density at radius 1 is 1.50 bits per heavy atom. The summed E-state index contributed by atoms with van der Waals surface area (Å²) in [5.74, 6) is 0.0294. The maximum atomic E-state index is 11.7. The molecule has 1 aliphatic rings. The minimum atomic E-state index is -0.0398. The van der Waals surface area contributed by atoms with E-state index in [-0.39, 0.29) is 18.6 Å². The average Bonchev–Trinajstić information content (AvgIpc) is 2.38. The number of rotatable bonds is 4. The maximum absolute atomic E-state index is 11.7. The predicted octanol–water partition coefficient (Wildman–Crippen LogP) is 1.07. The van der Waals surface area contributed by atoms with E-state index in [1.807, 2.05) is 29.2 Å². The van der Waals surface area contributed by atoms with Crippen LogP contribution in [0.3, 0.4) is 0 Å². The molecule has 0 aliphatic carbocycles. The molecule has 1 amide bonds. The predicted molar refractivity (Wildman–Crippen MR) is 70.5 cm³/mol. The average molecular weight is 269 g/mol. The third-order valence-corrected chi connectivity index (χ3v) is 3.28. The smallest absolute Gasteiger partial charge is 0.248 e. The van der Waals surface area contributed by atoms with Crippen LogP contribution in [-0.2, 0) is 16.0 Å². The Balaban J connectivity index is 1.90. The van der Waals surface area contributed by atoms with Gasteiger partial charge in [0.1, 0.15) is 6.61 Å². The van der Waals surface area contributed by atoms with E-state index in [9.17, 15) is 4.79 Å². The highest BCUT2D eigenvalue weighted by molar-refractivity contribution is 6.30. The number of nitrogens with zero attached hydrogens (tertiary/aromatic N) is 1. The summed E-state index contributed by atoms with van der Waals surface area (Å²) in [5, 5.41) is 0.723. The number of carbonyl (C=O) groups is 1. The molecule has 5 heteroatoms. The van der Waals surface area contributed by atoms with E-state index in [1.165, 1.54) is 0 Å². The first-order valence-corrected chi connectivity index (χ1v) is 6.40. The number of benzene rings is 1. The fraction of sp³-hybridized carbons (Fsp3) is 0.462. The molecule has 0 radical (unpaired) electrons. The van der Waals surface area contributed by atoms with Crippen molar-refractivity contribution in [3.8, 4) is 0 Å². The summed E-state index contributed by atoms with van der Waals surface area (Å²) in [5.41, 5.74) is 6.69. The molecule has 0 aromatic heterocycles. The van der Waals surface area contributed by atoms with Gasteiger partial charge in [-0.25, -0.2) is 0 Å². The second-order valence-electron chi connectivity index (χ2n) is 4.39. The van der Waals surface area contributed by atoms with Crippen molar-refractivity contribution in [1.82, 2.24) is 4.90 Å². The second kappa shape index (κ2) is 6.18. The van der Waals surface area contributed by atoms with E-state index >= 15 is 0 Å². The molecule has 2 rings (SSSR count). The van der Waals surface area contributed by atoms with Crippen LogP contribution in [0.25, 0.3) is 0 Å². The molecule has 0 saturated carbocycles. The van der Waals surface area contributed by atoms with E-state index in [1.54, 1.807) is 0 Å². The molecule has 1 unspecified atom stereocenters. The number of hydrogen-bond donors (Lipinski definition) is 1. The van der Waals surface area contributed by atoms with Crippen molar-refractivity contribution in [2.45, 2.75) is 12.5 Å². The molecule has 1 aliphatic heterocycles. The zero-order valence-electron chi connectivity index (χ0n) is 10.1. The fourth-order valence-electron chi connectivity index (χ4n) is 2.00. The van der Waals surface area contributed by atoms with E-state index < -0.39 is 0 Å². The number of carbonyl (C=O) groups excluding carboxylic acids is 1. The number of morpholine rings is 1. The van der Waals surface area contributed by atoms with Gasteiger partial charge in [-0.15, -0.1) is 0 Å². The van der Waals surface area contributed by atoms with Gasteiger partial charge in [0, 0.05) is 24.7 Å². The fourth-order valence-corrected chi connectivity index (χ4v) is 2.21.